The van der Waals surface area contributed by atoms with Crippen molar-refractivity contribution in [2.75, 3.05) is 11.4 Å². The maximum Gasteiger partial charge on any atom is 0.334 e. The molecule has 1 aromatic heterocycles. The summed E-state index contributed by atoms with van der Waals surface area (Å²) in [5, 5.41) is 9.60. The fourth-order valence-corrected chi connectivity index (χ4v) is 4.34. The smallest absolute Gasteiger partial charge is 0.334 e. The Morgan fingerprint density at radius 1 is 1.04 bits per heavy atom. The van der Waals surface area contributed by atoms with Gasteiger partial charge in [-0.3, -0.25) is 9.47 Å². The van der Waals surface area contributed by atoms with Gasteiger partial charge in [0, 0.05) is 18.2 Å². The van der Waals surface area contributed by atoms with Crippen LogP contribution in [-0.2, 0) is 12.8 Å². The number of hydrogen-bond donors (Lipinski definition) is 1. The largest absolute Gasteiger partial charge is 0.508 e. The lowest BCUT2D eigenvalue weighted by atomic mass is 9.93. The van der Waals surface area contributed by atoms with Crippen molar-refractivity contribution >= 4 is 11.7 Å². The van der Waals surface area contributed by atoms with Crippen molar-refractivity contribution in [2.45, 2.75) is 31.6 Å². The predicted molar refractivity (Wildman–Crippen MR) is 103 cm³/mol. The van der Waals surface area contributed by atoms with E-state index in [1.807, 2.05) is 35.2 Å². The average Bonchev–Trinajstić information content (AvgIpc) is 3.30. The number of nitrogens with zero attached hydrogens (tertiary/aromatic N) is 3. The molecule has 5 heteroatoms. The Hall–Kier alpha value is -3.08. The number of hydrogen-bond acceptors (Lipinski definition) is 3. The molecule has 3 aromatic rings. The SMILES string of the molecule is O=C(N1CC(c2ccc(O)cc2)c2ccccc21)n1cnc2c1CCCC2. The summed E-state index contributed by atoms with van der Waals surface area (Å²) in [6, 6.07) is 15.3. The molecule has 5 nitrogen and oxygen atoms in total. The second kappa shape index (κ2) is 6.27. The summed E-state index contributed by atoms with van der Waals surface area (Å²) in [7, 11) is 0. The molecule has 1 atom stereocenters. The van der Waals surface area contributed by atoms with Crippen LogP contribution in [0.2, 0.25) is 0 Å². The first-order valence-electron chi connectivity index (χ1n) is 9.47. The molecule has 0 bridgehead atoms. The highest BCUT2D eigenvalue weighted by Gasteiger charge is 2.34. The van der Waals surface area contributed by atoms with E-state index in [4.69, 9.17) is 0 Å². The summed E-state index contributed by atoms with van der Waals surface area (Å²) in [5.41, 5.74) is 5.33. The average molecular weight is 359 g/mol. The Labute approximate surface area is 157 Å². The predicted octanol–water partition coefficient (Wildman–Crippen LogP) is 4.09. The number of fused-ring (bicyclic) bond motifs is 2. The van der Waals surface area contributed by atoms with Crippen LogP contribution in [0.25, 0.3) is 0 Å². The number of para-hydroxylation sites is 1. The number of amides is 1. The van der Waals surface area contributed by atoms with Crippen molar-refractivity contribution in [1.82, 2.24) is 9.55 Å². The molecular formula is C22H21N3O2. The van der Waals surface area contributed by atoms with Crippen molar-refractivity contribution < 1.29 is 9.90 Å². The molecule has 5 rings (SSSR count). The maximum atomic E-state index is 13.4. The third-order valence-corrected chi connectivity index (χ3v) is 5.73. The number of rotatable bonds is 1. The zero-order valence-corrected chi connectivity index (χ0v) is 15.0. The summed E-state index contributed by atoms with van der Waals surface area (Å²) >= 11 is 0. The third kappa shape index (κ3) is 2.62. The monoisotopic (exact) mass is 359 g/mol. The molecule has 2 aromatic carbocycles. The molecule has 0 radical (unpaired) electrons. The molecule has 27 heavy (non-hydrogen) atoms. The first kappa shape index (κ1) is 16.1. The third-order valence-electron chi connectivity index (χ3n) is 5.73. The zero-order valence-electron chi connectivity index (χ0n) is 15.0. The van der Waals surface area contributed by atoms with Gasteiger partial charge in [-0.2, -0.15) is 0 Å². The van der Waals surface area contributed by atoms with E-state index in [0.717, 1.165) is 53.9 Å². The molecule has 0 fully saturated rings. The Morgan fingerprint density at radius 3 is 2.67 bits per heavy atom. The summed E-state index contributed by atoms with van der Waals surface area (Å²) in [5.74, 6) is 0.355. The van der Waals surface area contributed by atoms with Crippen molar-refractivity contribution in [3.8, 4) is 5.75 Å². The quantitative estimate of drug-likeness (QED) is 0.712. The molecule has 1 aliphatic carbocycles. The highest BCUT2D eigenvalue weighted by atomic mass is 16.3. The highest BCUT2D eigenvalue weighted by Crippen LogP contribution is 2.40. The first-order chi connectivity index (χ1) is 13.2. The van der Waals surface area contributed by atoms with Crippen LogP contribution in [0.4, 0.5) is 10.5 Å². The fraction of sp³-hybridized carbons (Fsp3) is 0.273. The Kier molecular flexibility index (Phi) is 3.74. The van der Waals surface area contributed by atoms with Gasteiger partial charge in [0.15, 0.2) is 0 Å². The van der Waals surface area contributed by atoms with Crippen LogP contribution in [0.3, 0.4) is 0 Å². The fourth-order valence-electron chi connectivity index (χ4n) is 4.34. The molecule has 0 spiro atoms. The minimum Gasteiger partial charge on any atom is -0.508 e. The molecular weight excluding hydrogens is 338 g/mol. The van der Waals surface area contributed by atoms with Crippen molar-refractivity contribution in [2.24, 2.45) is 0 Å². The van der Waals surface area contributed by atoms with Gasteiger partial charge in [0.05, 0.1) is 11.4 Å². The lowest BCUT2D eigenvalue weighted by Crippen LogP contribution is -2.34. The van der Waals surface area contributed by atoms with Gasteiger partial charge < -0.3 is 5.11 Å². The van der Waals surface area contributed by atoms with E-state index in [-0.39, 0.29) is 17.7 Å². The van der Waals surface area contributed by atoms with Crippen LogP contribution in [0, 0.1) is 0 Å². The Morgan fingerprint density at radius 2 is 1.81 bits per heavy atom. The van der Waals surface area contributed by atoms with Gasteiger partial charge in [-0.15, -0.1) is 0 Å². The van der Waals surface area contributed by atoms with Crippen LogP contribution in [0.5, 0.6) is 5.75 Å². The van der Waals surface area contributed by atoms with Gasteiger partial charge in [0.2, 0.25) is 0 Å². The summed E-state index contributed by atoms with van der Waals surface area (Å²) in [6.07, 6.45) is 5.82. The van der Waals surface area contributed by atoms with Crippen LogP contribution < -0.4 is 4.90 Å². The van der Waals surface area contributed by atoms with Crippen molar-refractivity contribution in [1.29, 1.82) is 0 Å². The summed E-state index contributed by atoms with van der Waals surface area (Å²) in [6.45, 7) is 0.593. The Bertz CT molecular complexity index is 1010. The number of carbonyl (C=O) groups excluding carboxylic acids is 1. The summed E-state index contributed by atoms with van der Waals surface area (Å²) in [4.78, 5) is 19.7. The van der Waals surface area contributed by atoms with Gasteiger partial charge in [-0.25, -0.2) is 9.78 Å². The number of aryl methyl sites for hydroxylation is 1. The van der Waals surface area contributed by atoms with Gasteiger partial charge in [-0.05, 0) is 55.0 Å². The van der Waals surface area contributed by atoms with E-state index in [1.54, 1.807) is 23.0 Å². The number of phenols is 1. The minimum atomic E-state index is -0.0284. The van der Waals surface area contributed by atoms with E-state index in [1.165, 1.54) is 0 Å². The number of anilines is 1. The van der Waals surface area contributed by atoms with Gasteiger partial charge in [0.25, 0.3) is 0 Å². The number of aromatic hydroxyl groups is 1. The molecule has 0 saturated carbocycles. The van der Waals surface area contributed by atoms with Crippen LogP contribution in [-0.4, -0.2) is 27.2 Å². The first-order valence-corrected chi connectivity index (χ1v) is 9.47. The topological polar surface area (TPSA) is 58.4 Å². The number of carbonyl (C=O) groups is 1. The normalized spacial score (nSPS) is 18.2. The standard InChI is InChI=1S/C22H21N3O2/c26-16-11-9-15(10-12-16)18-13-24(20-7-3-1-5-17(18)20)22(27)25-14-23-19-6-2-4-8-21(19)25/h1,3,5,7,9-12,14,18,26H,2,4,6,8,13H2. The number of phenolic OH excluding ortho intramolecular Hbond substituents is 1. The maximum absolute atomic E-state index is 13.4. The summed E-state index contributed by atoms with van der Waals surface area (Å²) < 4.78 is 1.74. The number of benzene rings is 2. The molecule has 136 valence electrons. The van der Waals surface area contributed by atoms with E-state index in [0.29, 0.717) is 6.54 Å². The van der Waals surface area contributed by atoms with Gasteiger partial charge >= 0.3 is 6.03 Å². The van der Waals surface area contributed by atoms with Gasteiger partial charge in [0.1, 0.15) is 12.1 Å². The Balaban J connectivity index is 1.53. The van der Waals surface area contributed by atoms with E-state index < -0.39 is 0 Å². The van der Waals surface area contributed by atoms with Crippen molar-refractivity contribution in [3.05, 3.63) is 77.4 Å². The van der Waals surface area contributed by atoms with Crippen LogP contribution in [0.1, 0.15) is 41.3 Å². The molecule has 1 amide bonds. The van der Waals surface area contributed by atoms with Crippen molar-refractivity contribution in [3.63, 3.8) is 0 Å². The number of imidazole rings is 1. The van der Waals surface area contributed by atoms with Gasteiger partial charge in [-0.1, -0.05) is 30.3 Å². The second-order valence-electron chi connectivity index (χ2n) is 7.31. The highest BCUT2D eigenvalue weighted by molar-refractivity contribution is 5.97. The van der Waals surface area contributed by atoms with Crippen LogP contribution in [0.15, 0.2) is 54.9 Å². The minimum absolute atomic E-state index is 0.0284. The van der Waals surface area contributed by atoms with E-state index in [9.17, 15) is 9.90 Å². The van der Waals surface area contributed by atoms with E-state index >= 15 is 0 Å². The molecule has 1 unspecified atom stereocenters. The second-order valence-corrected chi connectivity index (χ2v) is 7.31. The zero-order chi connectivity index (χ0) is 18.4. The lowest BCUT2D eigenvalue weighted by Gasteiger charge is -2.21. The molecule has 2 heterocycles. The molecule has 1 N–H and O–H groups in total. The van der Waals surface area contributed by atoms with E-state index in [2.05, 4.69) is 11.1 Å². The lowest BCUT2D eigenvalue weighted by molar-refractivity contribution is 0.247. The molecule has 0 saturated heterocycles. The van der Waals surface area contributed by atoms with Crippen LogP contribution >= 0.6 is 0 Å². The molecule has 2 aliphatic rings. The number of aromatic nitrogens is 2. The molecule has 1 aliphatic heterocycles.